The molecule has 0 rings (SSSR count). The van der Waals surface area contributed by atoms with E-state index in [-0.39, 0.29) is 31.1 Å². The van der Waals surface area contributed by atoms with Crippen molar-refractivity contribution < 1.29 is 28.6 Å². The standard InChI is InChI=1S/C58H112O6/c1-4-7-10-13-16-19-22-24-26-28-29-30-32-34-37-40-43-46-49-52-58(61)64-55(53-62-56(59)50-47-44-41-38-35-21-18-15-12-9-6-3)54-63-57(60)51-48-45-42-39-36-33-31-27-25-23-20-17-14-11-8-5-2/h55H,4-54H2,1-3H3/t55-/m1/s1. The minimum atomic E-state index is -0.760. The molecule has 0 aliphatic heterocycles. The van der Waals surface area contributed by atoms with Crippen LogP contribution in [0.3, 0.4) is 0 Å². The highest BCUT2D eigenvalue weighted by Gasteiger charge is 2.19. The Balaban J connectivity index is 4.25. The van der Waals surface area contributed by atoms with E-state index in [1.807, 2.05) is 0 Å². The van der Waals surface area contributed by atoms with E-state index in [1.54, 1.807) is 0 Å². The molecular formula is C58H112O6. The number of hydrogen-bond acceptors (Lipinski definition) is 6. The van der Waals surface area contributed by atoms with E-state index in [0.717, 1.165) is 57.8 Å². The fourth-order valence-corrected chi connectivity index (χ4v) is 8.98. The topological polar surface area (TPSA) is 78.9 Å². The molecule has 0 amide bonds. The van der Waals surface area contributed by atoms with Gasteiger partial charge in [0.15, 0.2) is 6.10 Å². The lowest BCUT2D eigenvalue weighted by atomic mass is 10.0. The second-order valence-corrected chi connectivity index (χ2v) is 19.9. The number of carbonyl (C=O) groups is 3. The average molecular weight is 906 g/mol. The predicted molar refractivity (Wildman–Crippen MR) is 275 cm³/mol. The quantitative estimate of drug-likeness (QED) is 0.0344. The number of carbonyl (C=O) groups excluding carboxylic acids is 3. The summed E-state index contributed by atoms with van der Waals surface area (Å²) in [6.07, 6.45) is 59.5. The van der Waals surface area contributed by atoms with Crippen LogP contribution in [0.5, 0.6) is 0 Å². The molecule has 380 valence electrons. The summed E-state index contributed by atoms with van der Waals surface area (Å²) in [5, 5.41) is 0. The fraction of sp³-hybridized carbons (Fsp3) is 0.948. The van der Waals surface area contributed by atoms with Gasteiger partial charge in [-0.15, -0.1) is 0 Å². The Morgan fingerprint density at radius 1 is 0.250 bits per heavy atom. The summed E-state index contributed by atoms with van der Waals surface area (Å²) < 4.78 is 16.9. The lowest BCUT2D eigenvalue weighted by Crippen LogP contribution is -2.30. The molecule has 0 fully saturated rings. The Bertz CT molecular complexity index is 951. The molecule has 0 radical (unpaired) electrons. The molecule has 0 aromatic heterocycles. The van der Waals surface area contributed by atoms with Crippen molar-refractivity contribution in [1.29, 1.82) is 0 Å². The SMILES string of the molecule is CCCCCCCCCCCCCCCCCCCCCC(=O)O[C@H](COC(=O)CCCCCCCCCCCCC)COC(=O)CCCCCCCCCCCCCCCCCC. The highest BCUT2D eigenvalue weighted by atomic mass is 16.6. The smallest absolute Gasteiger partial charge is 0.306 e. The molecular weight excluding hydrogens is 793 g/mol. The number of unbranched alkanes of at least 4 members (excludes halogenated alkanes) is 43. The number of esters is 3. The van der Waals surface area contributed by atoms with Gasteiger partial charge in [0.1, 0.15) is 13.2 Å². The summed E-state index contributed by atoms with van der Waals surface area (Å²) in [5.41, 5.74) is 0. The summed E-state index contributed by atoms with van der Waals surface area (Å²) in [4.78, 5) is 38.1. The Kier molecular flexibility index (Phi) is 52.7. The second-order valence-electron chi connectivity index (χ2n) is 19.9. The van der Waals surface area contributed by atoms with Gasteiger partial charge in [0.2, 0.25) is 0 Å². The van der Waals surface area contributed by atoms with Crippen LogP contribution < -0.4 is 0 Å². The van der Waals surface area contributed by atoms with Crippen LogP contribution in [0, 0.1) is 0 Å². The molecule has 6 heteroatoms. The molecule has 0 aromatic rings. The first kappa shape index (κ1) is 62.4. The van der Waals surface area contributed by atoms with Gasteiger partial charge in [-0.2, -0.15) is 0 Å². The maximum absolute atomic E-state index is 12.8. The zero-order valence-corrected chi connectivity index (χ0v) is 43.6. The zero-order chi connectivity index (χ0) is 46.5. The lowest BCUT2D eigenvalue weighted by molar-refractivity contribution is -0.167. The minimum Gasteiger partial charge on any atom is -0.462 e. The lowest BCUT2D eigenvalue weighted by Gasteiger charge is -2.18. The molecule has 0 aromatic carbocycles. The Hall–Kier alpha value is -1.59. The van der Waals surface area contributed by atoms with Crippen LogP contribution in [0.2, 0.25) is 0 Å². The zero-order valence-electron chi connectivity index (χ0n) is 43.6. The van der Waals surface area contributed by atoms with Crippen molar-refractivity contribution in [2.75, 3.05) is 13.2 Å². The van der Waals surface area contributed by atoms with Gasteiger partial charge >= 0.3 is 17.9 Å². The molecule has 64 heavy (non-hydrogen) atoms. The van der Waals surface area contributed by atoms with E-state index >= 15 is 0 Å². The molecule has 0 saturated heterocycles. The Morgan fingerprint density at radius 2 is 0.422 bits per heavy atom. The van der Waals surface area contributed by atoms with Gasteiger partial charge in [-0.05, 0) is 19.3 Å². The largest absolute Gasteiger partial charge is 0.462 e. The first-order valence-electron chi connectivity index (χ1n) is 29.0. The van der Waals surface area contributed by atoms with Crippen LogP contribution in [0.4, 0.5) is 0 Å². The normalized spacial score (nSPS) is 11.9. The van der Waals surface area contributed by atoms with E-state index in [9.17, 15) is 14.4 Å². The number of rotatable bonds is 54. The van der Waals surface area contributed by atoms with Crippen molar-refractivity contribution in [3.63, 3.8) is 0 Å². The van der Waals surface area contributed by atoms with Gasteiger partial charge in [-0.25, -0.2) is 0 Å². The van der Waals surface area contributed by atoms with Crippen molar-refractivity contribution in [1.82, 2.24) is 0 Å². The molecule has 0 heterocycles. The van der Waals surface area contributed by atoms with Crippen LogP contribution in [0.15, 0.2) is 0 Å². The monoisotopic (exact) mass is 905 g/mol. The van der Waals surface area contributed by atoms with Crippen molar-refractivity contribution >= 4 is 17.9 Å². The molecule has 0 unspecified atom stereocenters. The van der Waals surface area contributed by atoms with Gasteiger partial charge in [0.25, 0.3) is 0 Å². The third kappa shape index (κ3) is 51.4. The Labute approximate surface area is 399 Å². The van der Waals surface area contributed by atoms with E-state index in [1.165, 1.54) is 238 Å². The third-order valence-electron chi connectivity index (χ3n) is 13.4. The summed E-state index contributed by atoms with van der Waals surface area (Å²) in [6.45, 7) is 6.70. The Morgan fingerprint density at radius 3 is 0.625 bits per heavy atom. The number of ether oxygens (including phenoxy) is 3. The van der Waals surface area contributed by atoms with Crippen LogP contribution in [0.1, 0.15) is 335 Å². The van der Waals surface area contributed by atoms with Gasteiger partial charge in [-0.3, -0.25) is 14.4 Å². The fourth-order valence-electron chi connectivity index (χ4n) is 8.98. The molecule has 0 spiro atoms. The second kappa shape index (κ2) is 54.0. The summed E-state index contributed by atoms with van der Waals surface area (Å²) >= 11 is 0. The first-order chi connectivity index (χ1) is 31.5. The van der Waals surface area contributed by atoms with Crippen molar-refractivity contribution in [2.24, 2.45) is 0 Å². The van der Waals surface area contributed by atoms with E-state index in [2.05, 4.69) is 20.8 Å². The molecule has 0 aliphatic rings. The van der Waals surface area contributed by atoms with Crippen molar-refractivity contribution in [3.05, 3.63) is 0 Å². The maximum Gasteiger partial charge on any atom is 0.306 e. The van der Waals surface area contributed by atoms with Gasteiger partial charge in [0, 0.05) is 19.3 Å². The highest BCUT2D eigenvalue weighted by molar-refractivity contribution is 5.71. The van der Waals surface area contributed by atoms with Crippen LogP contribution in [-0.2, 0) is 28.6 Å². The van der Waals surface area contributed by atoms with Crippen LogP contribution >= 0.6 is 0 Å². The minimum absolute atomic E-state index is 0.0612. The predicted octanol–water partition coefficient (Wildman–Crippen LogP) is 19.2. The maximum atomic E-state index is 12.8. The van der Waals surface area contributed by atoms with E-state index < -0.39 is 6.10 Å². The summed E-state index contributed by atoms with van der Waals surface area (Å²) in [6, 6.07) is 0. The third-order valence-corrected chi connectivity index (χ3v) is 13.4. The van der Waals surface area contributed by atoms with Crippen LogP contribution in [-0.4, -0.2) is 37.2 Å². The molecule has 6 nitrogen and oxygen atoms in total. The number of hydrogen-bond donors (Lipinski definition) is 0. The van der Waals surface area contributed by atoms with E-state index in [0.29, 0.717) is 19.3 Å². The first-order valence-corrected chi connectivity index (χ1v) is 29.0. The van der Waals surface area contributed by atoms with Crippen molar-refractivity contribution in [3.8, 4) is 0 Å². The van der Waals surface area contributed by atoms with Gasteiger partial charge < -0.3 is 14.2 Å². The van der Waals surface area contributed by atoms with Gasteiger partial charge in [-0.1, -0.05) is 297 Å². The summed E-state index contributed by atoms with van der Waals surface area (Å²) in [5.74, 6) is -0.833. The van der Waals surface area contributed by atoms with E-state index in [4.69, 9.17) is 14.2 Å². The average Bonchev–Trinajstić information content (AvgIpc) is 3.29. The highest BCUT2D eigenvalue weighted by Crippen LogP contribution is 2.18. The van der Waals surface area contributed by atoms with Crippen molar-refractivity contribution in [2.45, 2.75) is 341 Å². The molecule has 1 atom stereocenters. The van der Waals surface area contributed by atoms with Gasteiger partial charge in [0.05, 0.1) is 0 Å². The molecule has 0 saturated carbocycles. The molecule has 0 N–H and O–H groups in total. The molecule has 0 bridgehead atoms. The molecule has 0 aliphatic carbocycles. The van der Waals surface area contributed by atoms with Crippen LogP contribution in [0.25, 0.3) is 0 Å². The summed E-state index contributed by atoms with van der Waals surface area (Å²) in [7, 11) is 0.